The summed E-state index contributed by atoms with van der Waals surface area (Å²) in [6.45, 7) is 1.80. The molecule has 0 amide bonds. The minimum atomic E-state index is -2.49. The Morgan fingerprint density at radius 2 is 2.12 bits per heavy atom. The Morgan fingerprint density at radius 1 is 1.38 bits per heavy atom. The first kappa shape index (κ1) is 12.3. The van der Waals surface area contributed by atoms with E-state index in [-0.39, 0.29) is 17.9 Å². The third kappa shape index (κ3) is 4.20. The fraction of sp³-hybridized carbons (Fsp3) is 0.625. The Morgan fingerprint density at radius 3 is 2.75 bits per heavy atom. The van der Waals surface area contributed by atoms with Crippen molar-refractivity contribution >= 4 is 11.9 Å². The SMILES string of the molecule is CCCOc1nc(N)nc(NCC(F)F)n1. The Labute approximate surface area is 91.2 Å². The molecule has 0 aliphatic heterocycles. The molecule has 0 aliphatic rings. The summed E-state index contributed by atoms with van der Waals surface area (Å²) < 4.78 is 29.0. The van der Waals surface area contributed by atoms with Gasteiger partial charge in [0.15, 0.2) is 0 Å². The minimum absolute atomic E-state index is 0.0149. The van der Waals surface area contributed by atoms with Crippen LogP contribution < -0.4 is 15.8 Å². The highest BCUT2D eigenvalue weighted by atomic mass is 19.3. The van der Waals surface area contributed by atoms with E-state index < -0.39 is 13.0 Å². The van der Waals surface area contributed by atoms with Crippen molar-refractivity contribution in [1.82, 2.24) is 15.0 Å². The second-order valence-electron chi connectivity index (χ2n) is 2.92. The van der Waals surface area contributed by atoms with Crippen molar-refractivity contribution in [2.75, 3.05) is 24.2 Å². The van der Waals surface area contributed by atoms with Gasteiger partial charge in [0.05, 0.1) is 13.2 Å². The number of nitrogens with zero attached hydrogens (tertiary/aromatic N) is 3. The van der Waals surface area contributed by atoms with Crippen molar-refractivity contribution in [3.8, 4) is 6.01 Å². The van der Waals surface area contributed by atoms with Crippen LogP contribution in [0.2, 0.25) is 0 Å². The zero-order valence-electron chi connectivity index (χ0n) is 8.78. The summed E-state index contributed by atoms with van der Waals surface area (Å²) in [4.78, 5) is 11.1. The number of anilines is 2. The van der Waals surface area contributed by atoms with Crippen LogP contribution in [0.3, 0.4) is 0 Å². The lowest BCUT2D eigenvalue weighted by Crippen LogP contribution is -2.14. The average Bonchev–Trinajstić information content (AvgIpc) is 2.23. The van der Waals surface area contributed by atoms with E-state index >= 15 is 0 Å². The molecule has 16 heavy (non-hydrogen) atoms. The smallest absolute Gasteiger partial charge is 0.323 e. The number of nitrogens with two attached hydrogens (primary N) is 1. The molecule has 0 aliphatic carbocycles. The fourth-order valence-electron chi connectivity index (χ4n) is 0.877. The predicted molar refractivity (Wildman–Crippen MR) is 54.5 cm³/mol. The van der Waals surface area contributed by atoms with Gasteiger partial charge in [-0.3, -0.25) is 0 Å². The summed E-state index contributed by atoms with van der Waals surface area (Å²) in [5.41, 5.74) is 5.37. The molecule has 6 nitrogen and oxygen atoms in total. The second kappa shape index (κ2) is 5.99. The van der Waals surface area contributed by atoms with Gasteiger partial charge in [0.2, 0.25) is 11.9 Å². The van der Waals surface area contributed by atoms with E-state index in [0.717, 1.165) is 6.42 Å². The van der Waals surface area contributed by atoms with Crippen molar-refractivity contribution in [3.63, 3.8) is 0 Å². The molecule has 0 saturated heterocycles. The van der Waals surface area contributed by atoms with Gasteiger partial charge in [0.1, 0.15) is 0 Å². The van der Waals surface area contributed by atoms with Crippen LogP contribution >= 0.6 is 0 Å². The molecule has 0 aromatic carbocycles. The molecular formula is C8H13F2N5O. The molecule has 0 atom stereocenters. The number of ether oxygens (including phenoxy) is 1. The van der Waals surface area contributed by atoms with Crippen LogP contribution in [0.15, 0.2) is 0 Å². The molecule has 8 heteroatoms. The molecule has 1 aromatic heterocycles. The normalized spacial score (nSPS) is 10.5. The third-order valence-corrected chi connectivity index (χ3v) is 1.48. The summed E-state index contributed by atoms with van der Waals surface area (Å²) in [6.07, 6.45) is -1.70. The summed E-state index contributed by atoms with van der Waals surface area (Å²) in [7, 11) is 0. The molecule has 1 rings (SSSR count). The lowest BCUT2D eigenvalue weighted by atomic mass is 10.5. The monoisotopic (exact) mass is 233 g/mol. The van der Waals surface area contributed by atoms with E-state index in [9.17, 15) is 8.78 Å². The van der Waals surface area contributed by atoms with Crippen molar-refractivity contribution in [3.05, 3.63) is 0 Å². The topological polar surface area (TPSA) is 86.0 Å². The number of hydrogen-bond acceptors (Lipinski definition) is 6. The maximum Gasteiger partial charge on any atom is 0.323 e. The molecule has 0 saturated carbocycles. The Bertz CT molecular complexity index is 336. The van der Waals surface area contributed by atoms with Crippen LogP contribution in [0.5, 0.6) is 6.01 Å². The number of nitrogens with one attached hydrogen (secondary N) is 1. The molecule has 0 radical (unpaired) electrons. The van der Waals surface area contributed by atoms with Crippen molar-refractivity contribution in [2.24, 2.45) is 0 Å². The van der Waals surface area contributed by atoms with E-state index in [4.69, 9.17) is 10.5 Å². The number of alkyl halides is 2. The number of rotatable bonds is 6. The van der Waals surface area contributed by atoms with Gasteiger partial charge in [0, 0.05) is 0 Å². The van der Waals surface area contributed by atoms with Gasteiger partial charge >= 0.3 is 6.01 Å². The third-order valence-electron chi connectivity index (χ3n) is 1.48. The van der Waals surface area contributed by atoms with E-state index in [1.54, 1.807) is 0 Å². The summed E-state index contributed by atoms with van der Waals surface area (Å²) in [6, 6.07) is 0.0334. The quantitative estimate of drug-likeness (QED) is 0.759. The van der Waals surface area contributed by atoms with Gasteiger partial charge in [-0.15, -0.1) is 0 Å². The summed E-state index contributed by atoms with van der Waals surface area (Å²) in [5.74, 6) is -0.0863. The molecular weight excluding hydrogens is 220 g/mol. The van der Waals surface area contributed by atoms with E-state index in [2.05, 4.69) is 20.3 Å². The number of aromatic nitrogens is 3. The number of halogens is 2. The van der Waals surface area contributed by atoms with Gasteiger partial charge in [-0.2, -0.15) is 15.0 Å². The maximum absolute atomic E-state index is 11.9. The first-order valence-electron chi connectivity index (χ1n) is 4.78. The minimum Gasteiger partial charge on any atom is -0.463 e. The molecule has 0 unspecified atom stereocenters. The Balaban J connectivity index is 2.65. The van der Waals surface area contributed by atoms with Crippen molar-refractivity contribution in [2.45, 2.75) is 19.8 Å². The second-order valence-corrected chi connectivity index (χ2v) is 2.92. The van der Waals surface area contributed by atoms with Gasteiger partial charge in [0.25, 0.3) is 6.43 Å². The largest absolute Gasteiger partial charge is 0.463 e. The van der Waals surface area contributed by atoms with E-state index in [1.165, 1.54) is 0 Å². The van der Waals surface area contributed by atoms with Crippen LogP contribution in [0.4, 0.5) is 20.7 Å². The summed E-state index contributed by atoms with van der Waals surface area (Å²) >= 11 is 0. The highest BCUT2D eigenvalue weighted by molar-refractivity contribution is 5.32. The van der Waals surface area contributed by atoms with Crippen LogP contribution in [0.1, 0.15) is 13.3 Å². The van der Waals surface area contributed by atoms with E-state index in [0.29, 0.717) is 6.61 Å². The summed E-state index contributed by atoms with van der Waals surface area (Å²) in [5, 5.41) is 2.33. The number of nitrogen functional groups attached to an aromatic ring is 1. The molecule has 0 fully saturated rings. The molecule has 3 N–H and O–H groups in total. The van der Waals surface area contributed by atoms with Crippen molar-refractivity contribution < 1.29 is 13.5 Å². The first-order valence-corrected chi connectivity index (χ1v) is 4.78. The first-order chi connectivity index (χ1) is 7.61. The van der Waals surface area contributed by atoms with Gasteiger partial charge in [-0.05, 0) is 6.42 Å². The van der Waals surface area contributed by atoms with Crippen LogP contribution in [0.25, 0.3) is 0 Å². The highest BCUT2D eigenvalue weighted by Crippen LogP contribution is 2.09. The van der Waals surface area contributed by atoms with Crippen molar-refractivity contribution in [1.29, 1.82) is 0 Å². The lowest BCUT2D eigenvalue weighted by Gasteiger charge is -2.06. The molecule has 1 aromatic rings. The van der Waals surface area contributed by atoms with Crippen LogP contribution in [0, 0.1) is 0 Å². The lowest BCUT2D eigenvalue weighted by molar-refractivity contribution is 0.163. The van der Waals surface area contributed by atoms with Gasteiger partial charge < -0.3 is 15.8 Å². The average molecular weight is 233 g/mol. The zero-order valence-corrected chi connectivity index (χ0v) is 8.78. The van der Waals surface area contributed by atoms with Crippen LogP contribution in [-0.2, 0) is 0 Å². The molecule has 90 valence electrons. The Hall–Kier alpha value is -1.73. The predicted octanol–water partition coefficient (Wildman–Crippen LogP) is 0.920. The molecule has 1 heterocycles. The standard InChI is InChI=1S/C8H13F2N5O/c1-2-3-16-8-14-6(11)13-7(15-8)12-4-5(9)10/h5H,2-4H2,1H3,(H3,11,12,13,14,15). The molecule has 0 spiro atoms. The zero-order chi connectivity index (χ0) is 12.0. The van der Waals surface area contributed by atoms with Gasteiger partial charge in [-0.25, -0.2) is 8.78 Å². The fourth-order valence-corrected chi connectivity index (χ4v) is 0.877. The van der Waals surface area contributed by atoms with E-state index in [1.807, 2.05) is 6.92 Å². The maximum atomic E-state index is 11.9. The highest BCUT2D eigenvalue weighted by Gasteiger charge is 2.07. The van der Waals surface area contributed by atoms with Gasteiger partial charge in [-0.1, -0.05) is 6.92 Å². The Kier molecular flexibility index (Phi) is 4.62. The molecule has 0 bridgehead atoms. The van der Waals surface area contributed by atoms with Crippen LogP contribution in [-0.4, -0.2) is 34.5 Å². The number of hydrogen-bond donors (Lipinski definition) is 2.